The van der Waals surface area contributed by atoms with Gasteiger partial charge in [-0.1, -0.05) is 18.2 Å². The van der Waals surface area contributed by atoms with Crippen molar-refractivity contribution in [3.8, 4) is 17.2 Å². The minimum atomic E-state index is 0.345. The van der Waals surface area contributed by atoms with Gasteiger partial charge in [0.15, 0.2) is 4.77 Å². The van der Waals surface area contributed by atoms with Crippen LogP contribution in [-0.4, -0.2) is 38.7 Å². The van der Waals surface area contributed by atoms with E-state index in [1.54, 1.807) is 0 Å². The van der Waals surface area contributed by atoms with Crippen LogP contribution < -0.4 is 4.74 Å². The van der Waals surface area contributed by atoms with Gasteiger partial charge in [-0.2, -0.15) is 0 Å². The van der Waals surface area contributed by atoms with Gasteiger partial charge in [0, 0.05) is 31.5 Å². The monoisotopic (exact) mass is 442 g/mol. The molecule has 0 spiro atoms. The number of rotatable bonds is 6. The van der Waals surface area contributed by atoms with Crippen molar-refractivity contribution in [2.45, 2.75) is 19.4 Å². The molecule has 0 aliphatic carbocycles. The van der Waals surface area contributed by atoms with Crippen LogP contribution in [-0.2, 0) is 0 Å². The first-order valence-electron chi connectivity index (χ1n) is 10.9. The Morgan fingerprint density at radius 3 is 2.75 bits per heavy atom. The molecule has 162 valence electrons. The number of fused-ring (bicyclic) bond motifs is 1. The van der Waals surface area contributed by atoms with E-state index in [4.69, 9.17) is 17.0 Å². The average molecular weight is 443 g/mol. The number of nitrogens with zero attached hydrogens (tertiary/aromatic N) is 4. The largest absolute Gasteiger partial charge is 0.457 e. The molecule has 2 aromatic heterocycles. The van der Waals surface area contributed by atoms with Crippen molar-refractivity contribution in [3.63, 3.8) is 0 Å². The molecule has 0 unspecified atom stereocenters. The van der Waals surface area contributed by atoms with Crippen LogP contribution in [0.3, 0.4) is 0 Å². The molecule has 1 fully saturated rings. The molecule has 1 atom stereocenters. The molecule has 0 saturated carbocycles. The highest BCUT2D eigenvalue weighted by molar-refractivity contribution is 7.71. The molecular formula is C26H26N4OS. The lowest BCUT2D eigenvalue weighted by Crippen LogP contribution is -2.21. The van der Waals surface area contributed by atoms with E-state index >= 15 is 0 Å². The van der Waals surface area contributed by atoms with Crippen LogP contribution in [0.1, 0.15) is 18.0 Å². The average Bonchev–Trinajstić information content (AvgIpc) is 3.36. The summed E-state index contributed by atoms with van der Waals surface area (Å²) in [5, 5.41) is 0. The number of pyridine rings is 1. The normalized spacial score (nSPS) is 16.5. The van der Waals surface area contributed by atoms with Crippen LogP contribution >= 0.6 is 12.2 Å². The van der Waals surface area contributed by atoms with E-state index in [0.717, 1.165) is 59.0 Å². The first kappa shape index (κ1) is 20.7. The predicted molar refractivity (Wildman–Crippen MR) is 131 cm³/mol. The maximum Gasteiger partial charge on any atom is 0.185 e. The maximum absolute atomic E-state index is 6.02. The van der Waals surface area contributed by atoms with Gasteiger partial charge >= 0.3 is 0 Å². The molecule has 32 heavy (non-hydrogen) atoms. The zero-order chi connectivity index (χ0) is 22.1. The Kier molecular flexibility index (Phi) is 5.64. The zero-order valence-electron chi connectivity index (χ0n) is 18.1. The molecule has 3 heterocycles. The molecule has 1 aliphatic heterocycles. The molecule has 1 saturated heterocycles. The van der Waals surface area contributed by atoms with Crippen LogP contribution in [0.5, 0.6) is 11.5 Å². The van der Waals surface area contributed by atoms with Crippen molar-refractivity contribution in [1.82, 2.24) is 19.0 Å². The van der Waals surface area contributed by atoms with E-state index in [-0.39, 0.29) is 0 Å². The van der Waals surface area contributed by atoms with Crippen LogP contribution in [0, 0.1) is 11.7 Å². The predicted octanol–water partition coefficient (Wildman–Crippen LogP) is 6.09. The van der Waals surface area contributed by atoms with Crippen LogP contribution in [0.25, 0.3) is 16.7 Å². The fourth-order valence-electron chi connectivity index (χ4n) is 4.52. The van der Waals surface area contributed by atoms with Gasteiger partial charge in [-0.3, -0.25) is 14.5 Å². The molecule has 0 N–H and O–H groups in total. The highest BCUT2D eigenvalue weighted by Crippen LogP contribution is 2.31. The number of benzene rings is 2. The molecule has 2 aromatic carbocycles. The van der Waals surface area contributed by atoms with Gasteiger partial charge in [-0.05, 0) is 73.6 Å². The van der Waals surface area contributed by atoms with Crippen molar-refractivity contribution in [3.05, 3.63) is 90.0 Å². The van der Waals surface area contributed by atoms with Crippen LogP contribution in [0.15, 0.2) is 79.6 Å². The summed E-state index contributed by atoms with van der Waals surface area (Å²) in [7, 11) is 0. The van der Waals surface area contributed by atoms with Crippen LogP contribution in [0.4, 0.5) is 0 Å². The number of imidazole rings is 1. The van der Waals surface area contributed by atoms with Crippen molar-refractivity contribution >= 4 is 23.3 Å². The standard InChI is InChI=1S/C26H26N4OS/c1-3-14-28-15-12-21(18-28)30-24-11-13-27-17-25(24)29(26(30)32)20-7-9-22(10-8-20)31-23-6-4-5-19(2)16-23/h3-11,13,16-17,21H,1,12,14-15,18H2,2H3/t21-/m1/s1. The lowest BCUT2D eigenvalue weighted by atomic mass is 10.2. The lowest BCUT2D eigenvalue weighted by Gasteiger charge is -2.15. The Morgan fingerprint density at radius 1 is 1.12 bits per heavy atom. The van der Waals surface area contributed by atoms with Gasteiger partial charge in [0.05, 0.1) is 23.3 Å². The number of hydrogen-bond donors (Lipinski definition) is 0. The molecular weight excluding hydrogens is 416 g/mol. The van der Waals surface area contributed by atoms with E-state index in [1.807, 2.05) is 48.8 Å². The molecule has 5 nitrogen and oxygen atoms in total. The SMILES string of the molecule is C=CCN1CC[C@@H](n2c(=S)n(-c3ccc(Oc4cccc(C)c4)cc3)c3cnccc32)C1. The van der Waals surface area contributed by atoms with E-state index in [9.17, 15) is 0 Å². The number of likely N-dealkylation sites (tertiary alicyclic amines) is 1. The van der Waals surface area contributed by atoms with Crippen molar-refractivity contribution in [1.29, 1.82) is 0 Å². The van der Waals surface area contributed by atoms with E-state index < -0.39 is 0 Å². The van der Waals surface area contributed by atoms with Gasteiger partial charge in [0.25, 0.3) is 0 Å². The van der Waals surface area contributed by atoms with Gasteiger partial charge < -0.3 is 9.30 Å². The molecule has 4 aromatic rings. The number of aromatic nitrogens is 3. The summed E-state index contributed by atoms with van der Waals surface area (Å²) in [5.41, 5.74) is 4.32. The summed E-state index contributed by atoms with van der Waals surface area (Å²) in [6.45, 7) is 8.88. The molecule has 0 bridgehead atoms. The highest BCUT2D eigenvalue weighted by Gasteiger charge is 2.26. The van der Waals surface area contributed by atoms with Crippen molar-refractivity contribution in [2.24, 2.45) is 0 Å². The Balaban J connectivity index is 1.50. The van der Waals surface area contributed by atoms with Gasteiger partial charge in [-0.15, -0.1) is 6.58 Å². The lowest BCUT2D eigenvalue weighted by molar-refractivity contribution is 0.358. The summed E-state index contributed by atoms with van der Waals surface area (Å²) >= 11 is 6.00. The van der Waals surface area contributed by atoms with E-state index in [1.165, 1.54) is 5.56 Å². The summed E-state index contributed by atoms with van der Waals surface area (Å²) in [6, 6.07) is 18.5. The summed E-state index contributed by atoms with van der Waals surface area (Å²) in [4.78, 5) is 6.80. The number of hydrogen-bond acceptors (Lipinski definition) is 4. The van der Waals surface area contributed by atoms with Crippen molar-refractivity contribution < 1.29 is 4.74 Å². The van der Waals surface area contributed by atoms with Crippen LogP contribution in [0.2, 0.25) is 0 Å². The fraction of sp³-hybridized carbons (Fsp3) is 0.231. The molecule has 6 heteroatoms. The van der Waals surface area contributed by atoms with Gasteiger partial charge in [0.2, 0.25) is 0 Å². The van der Waals surface area contributed by atoms with Gasteiger partial charge in [0.1, 0.15) is 11.5 Å². The summed E-state index contributed by atoms with van der Waals surface area (Å²) in [5.74, 6) is 1.63. The molecule has 1 aliphatic rings. The maximum atomic E-state index is 6.02. The molecule has 0 amide bonds. The summed E-state index contributed by atoms with van der Waals surface area (Å²) < 4.78 is 11.2. The zero-order valence-corrected chi connectivity index (χ0v) is 19.0. The third kappa shape index (κ3) is 3.87. The molecule has 5 rings (SSSR count). The third-order valence-electron chi connectivity index (χ3n) is 6.00. The highest BCUT2D eigenvalue weighted by atomic mass is 32.1. The minimum Gasteiger partial charge on any atom is -0.457 e. The Hall–Kier alpha value is -3.22. The second kappa shape index (κ2) is 8.73. The first-order chi connectivity index (χ1) is 15.6. The Morgan fingerprint density at radius 2 is 1.97 bits per heavy atom. The van der Waals surface area contributed by atoms with E-state index in [0.29, 0.717) is 6.04 Å². The van der Waals surface area contributed by atoms with E-state index in [2.05, 4.69) is 56.8 Å². The molecule has 0 radical (unpaired) electrons. The smallest absolute Gasteiger partial charge is 0.185 e. The number of aryl methyl sites for hydroxylation is 1. The minimum absolute atomic E-state index is 0.345. The van der Waals surface area contributed by atoms with Gasteiger partial charge in [-0.25, -0.2) is 0 Å². The Labute approximate surface area is 193 Å². The Bertz CT molecular complexity index is 1320. The quantitative estimate of drug-likeness (QED) is 0.267. The third-order valence-corrected chi connectivity index (χ3v) is 6.37. The summed E-state index contributed by atoms with van der Waals surface area (Å²) in [6.07, 6.45) is 6.78. The number of ether oxygens (including phenoxy) is 1. The first-order valence-corrected chi connectivity index (χ1v) is 11.3. The van der Waals surface area contributed by atoms with Crippen molar-refractivity contribution in [2.75, 3.05) is 19.6 Å². The topological polar surface area (TPSA) is 35.2 Å². The second-order valence-corrected chi connectivity index (χ2v) is 8.62. The fourth-order valence-corrected chi connectivity index (χ4v) is 4.97. The second-order valence-electron chi connectivity index (χ2n) is 8.26.